The molecule has 0 atom stereocenters. The second-order valence-corrected chi connectivity index (χ2v) is 3.78. The third kappa shape index (κ3) is 1.83. The molecule has 0 aliphatic carbocycles. The minimum Gasteiger partial charge on any atom is -0.475 e. The summed E-state index contributed by atoms with van der Waals surface area (Å²) < 4.78 is 18.0. The minimum atomic E-state index is -1.22. The maximum Gasteiger partial charge on any atom is 0.374 e. The number of carbonyl (C=O) groups is 1. The van der Waals surface area contributed by atoms with Crippen LogP contribution in [0.3, 0.4) is 0 Å². The molecule has 2 aromatic rings. The second-order valence-electron chi connectivity index (χ2n) is 2.98. The van der Waals surface area contributed by atoms with E-state index in [9.17, 15) is 9.18 Å². The highest BCUT2D eigenvalue weighted by Crippen LogP contribution is 2.29. The fraction of sp³-hybridized carbons (Fsp3) is 0. The highest BCUT2D eigenvalue weighted by atomic mass is 79.9. The summed E-state index contributed by atoms with van der Waals surface area (Å²) in [4.78, 5) is 10.6. The smallest absolute Gasteiger partial charge is 0.374 e. The van der Waals surface area contributed by atoms with Crippen LogP contribution in [0, 0.1) is 5.82 Å². The van der Waals surface area contributed by atoms with E-state index < -0.39 is 11.8 Å². The maximum atomic E-state index is 13.2. The van der Waals surface area contributed by atoms with Gasteiger partial charge in [-0.15, -0.1) is 0 Å². The van der Waals surface area contributed by atoms with E-state index in [2.05, 4.69) is 25.6 Å². The molecule has 0 aliphatic heterocycles. The molecule has 0 radical (unpaired) electrons. The molecule has 0 aliphatic rings. The lowest BCUT2D eigenvalue weighted by atomic mass is 10.1. The first-order valence-electron chi connectivity index (χ1n) is 4.24. The quantitative estimate of drug-likeness (QED) is 0.921. The Hall–Kier alpha value is -1.69. The van der Waals surface area contributed by atoms with Crippen LogP contribution >= 0.6 is 15.9 Å². The molecule has 0 saturated heterocycles. The molecule has 1 aromatic heterocycles. The summed E-state index contributed by atoms with van der Waals surface area (Å²) in [6, 6.07) is 5.63. The monoisotopic (exact) mass is 285 g/mol. The number of carboxylic acid groups (broad SMARTS) is 1. The standard InChI is InChI=1S/C10H5BrFNO3/c11-9-5(2-1-3-6(9)12)7-4-8(10(14)15)16-13-7/h1-4H,(H,14,15). The molecule has 0 saturated carbocycles. The van der Waals surface area contributed by atoms with Crippen LogP contribution in [0.1, 0.15) is 10.6 Å². The van der Waals surface area contributed by atoms with Crippen LogP contribution in [0.2, 0.25) is 0 Å². The van der Waals surface area contributed by atoms with Crippen molar-refractivity contribution in [2.45, 2.75) is 0 Å². The van der Waals surface area contributed by atoms with Crippen LogP contribution in [-0.2, 0) is 0 Å². The zero-order chi connectivity index (χ0) is 11.7. The fourth-order valence-electron chi connectivity index (χ4n) is 1.20. The molecular weight excluding hydrogens is 281 g/mol. The van der Waals surface area contributed by atoms with Crippen molar-refractivity contribution in [3.05, 3.63) is 40.3 Å². The molecule has 1 aromatic carbocycles. The van der Waals surface area contributed by atoms with Gasteiger partial charge in [0, 0.05) is 11.6 Å². The average Bonchev–Trinajstić information content (AvgIpc) is 2.71. The predicted octanol–water partition coefficient (Wildman–Crippen LogP) is 2.94. The van der Waals surface area contributed by atoms with Gasteiger partial charge in [-0.3, -0.25) is 0 Å². The van der Waals surface area contributed by atoms with Gasteiger partial charge in [-0.25, -0.2) is 9.18 Å². The third-order valence-electron chi connectivity index (χ3n) is 1.95. The fourth-order valence-corrected chi connectivity index (χ4v) is 1.67. The van der Waals surface area contributed by atoms with Gasteiger partial charge >= 0.3 is 5.97 Å². The summed E-state index contributed by atoms with van der Waals surface area (Å²) in [5, 5.41) is 12.2. The van der Waals surface area contributed by atoms with Crippen molar-refractivity contribution in [1.82, 2.24) is 5.16 Å². The van der Waals surface area contributed by atoms with Crippen molar-refractivity contribution >= 4 is 21.9 Å². The molecule has 2 rings (SSSR count). The molecule has 0 unspecified atom stereocenters. The highest BCUT2D eigenvalue weighted by Gasteiger charge is 2.15. The first kappa shape index (κ1) is 10.8. The zero-order valence-electron chi connectivity index (χ0n) is 7.78. The van der Waals surface area contributed by atoms with Gasteiger partial charge < -0.3 is 9.63 Å². The first-order chi connectivity index (χ1) is 7.59. The molecule has 0 spiro atoms. The number of carboxylic acids is 1. The van der Waals surface area contributed by atoms with Crippen LogP contribution in [0.5, 0.6) is 0 Å². The van der Waals surface area contributed by atoms with E-state index in [-0.39, 0.29) is 15.9 Å². The minimum absolute atomic E-state index is 0.222. The van der Waals surface area contributed by atoms with Crippen molar-refractivity contribution < 1.29 is 18.8 Å². The average molecular weight is 286 g/mol. The lowest BCUT2D eigenvalue weighted by Crippen LogP contribution is -1.91. The molecule has 0 amide bonds. The van der Waals surface area contributed by atoms with Crippen molar-refractivity contribution in [3.63, 3.8) is 0 Å². The van der Waals surface area contributed by atoms with E-state index in [0.29, 0.717) is 5.56 Å². The van der Waals surface area contributed by atoms with Crippen LogP contribution < -0.4 is 0 Å². The Morgan fingerprint density at radius 3 is 2.88 bits per heavy atom. The van der Waals surface area contributed by atoms with Crippen molar-refractivity contribution in [1.29, 1.82) is 0 Å². The van der Waals surface area contributed by atoms with E-state index in [1.807, 2.05) is 0 Å². The number of aromatic nitrogens is 1. The van der Waals surface area contributed by atoms with Crippen LogP contribution in [0.15, 0.2) is 33.3 Å². The number of halogens is 2. The van der Waals surface area contributed by atoms with E-state index in [1.165, 1.54) is 18.2 Å². The van der Waals surface area contributed by atoms with E-state index >= 15 is 0 Å². The normalized spacial score (nSPS) is 10.4. The highest BCUT2D eigenvalue weighted by molar-refractivity contribution is 9.10. The molecule has 1 heterocycles. The SMILES string of the molecule is O=C(O)c1cc(-c2cccc(F)c2Br)no1. The van der Waals surface area contributed by atoms with Gasteiger partial charge in [0.05, 0.1) is 4.47 Å². The molecule has 6 heteroatoms. The van der Waals surface area contributed by atoms with E-state index in [1.54, 1.807) is 6.07 Å². The molecular formula is C10H5BrFNO3. The second kappa shape index (κ2) is 4.05. The van der Waals surface area contributed by atoms with Gasteiger partial charge in [-0.1, -0.05) is 17.3 Å². The van der Waals surface area contributed by atoms with Crippen molar-refractivity contribution in [2.24, 2.45) is 0 Å². The topological polar surface area (TPSA) is 63.3 Å². The summed E-state index contributed by atoms with van der Waals surface area (Å²) in [7, 11) is 0. The van der Waals surface area contributed by atoms with Crippen molar-refractivity contribution in [3.8, 4) is 11.3 Å². The van der Waals surface area contributed by atoms with Crippen LogP contribution in [0.25, 0.3) is 11.3 Å². The molecule has 4 nitrogen and oxygen atoms in total. The van der Waals surface area contributed by atoms with Gasteiger partial charge in [0.15, 0.2) is 0 Å². The third-order valence-corrected chi connectivity index (χ3v) is 2.75. The molecule has 1 N–H and O–H groups in total. The summed E-state index contributed by atoms with van der Waals surface area (Å²) in [5.41, 5.74) is 0.708. The van der Waals surface area contributed by atoms with Crippen LogP contribution in [-0.4, -0.2) is 16.2 Å². The van der Waals surface area contributed by atoms with E-state index in [4.69, 9.17) is 5.11 Å². The van der Waals surface area contributed by atoms with Crippen LogP contribution in [0.4, 0.5) is 4.39 Å². The number of rotatable bonds is 2. The summed E-state index contributed by atoms with van der Waals surface area (Å²) in [5.74, 6) is -1.95. The molecule has 0 fully saturated rings. The number of nitrogens with zero attached hydrogens (tertiary/aromatic N) is 1. The predicted molar refractivity (Wildman–Crippen MR) is 56.6 cm³/mol. The molecule has 82 valence electrons. The molecule has 0 bridgehead atoms. The van der Waals surface area contributed by atoms with Gasteiger partial charge in [0.25, 0.3) is 0 Å². The van der Waals surface area contributed by atoms with Gasteiger partial charge in [-0.05, 0) is 22.0 Å². The summed E-state index contributed by atoms with van der Waals surface area (Å²) in [6.07, 6.45) is 0. The summed E-state index contributed by atoms with van der Waals surface area (Å²) in [6.45, 7) is 0. The summed E-state index contributed by atoms with van der Waals surface area (Å²) >= 11 is 3.06. The zero-order valence-corrected chi connectivity index (χ0v) is 9.36. The maximum absolute atomic E-state index is 13.2. The molecule has 16 heavy (non-hydrogen) atoms. The van der Waals surface area contributed by atoms with Gasteiger partial charge in [0.2, 0.25) is 5.76 Å². The Labute approximate surface area is 97.8 Å². The lowest BCUT2D eigenvalue weighted by molar-refractivity contribution is 0.0652. The number of hydrogen-bond acceptors (Lipinski definition) is 3. The Kier molecular flexibility index (Phi) is 2.74. The Morgan fingerprint density at radius 1 is 1.50 bits per heavy atom. The Balaban J connectivity index is 2.50. The lowest BCUT2D eigenvalue weighted by Gasteiger charge is -1.99. The number of aromatic carboxylic acids is 1. The number of hydrogen-bond donors (Lipinski definition) is 1. The van der Waals surface area contributed by atoms with E-state index in [0.717, 1.165) is 0 Å². The Bertz CT molecular complexity index is 553. The first-order valence-corrected chi connectivity index (χ1v) is 5.03. The number of benzene rings is 1. The Morgan fingerprint density at radius 2 is 2.25 bits per heavy atom. The van der Waals surface area contributed by atoms with Gasteiger partial charge in [0.1, 0.15) is 11.5 Å². The largest absolute Gasteiger partial charge is 0.475 e. The van der Waals surface area contributed by atoms with Gasteiger partial charge in [-0.2, -0.15) is 0 Å². The van der Waals surface area contributed by atoms with Crippen molar-refractivity contribution in [2.75, 3.05) is 0 Å².